The van der Waals surface area contributed by atoms with Crippen molar-refractivity contribution in [2.24, 2.45) is 11.1 Å². The van der Waals surface area contributed by atoms with Gasteiger partial charge in [0.05, 0.1) is 29.6 Å². The van der Waals surface area contributed by atoms with Gasteiger partial charge >= 0.3 is 0 Å². The van der Waals surface area contributed by atoms with Crippen LogP contribution in [-0.2, 0) is 24.3 Å². The van der Waals surface area contributed by atoms with Crippen molar-refractivity contribution in [3.8, 4) is 0 Å². The summed E-state index contributed by atoms with van der Waals surface area (Å²) >= 11 is 0. The van der Waals surface area contributed by atoms with Crippen molar-refractivity contribution in [1.29, 1.82) is 0 Å². The number of nitrogens with two attached hydrogens (primary N) is 1. The first-order chi connectivity index (χ1) is 11.8. The first kappa shape index (κ1) is 23.4. The zero-order valence-corrected chi connectivity index (χ0v) is 18.4. The van der Waals surface area contributed by atoms with Crippen molar-refractivity contribution in [3.63, 3.8) is 0 Å². The number of carboxylic acids is 1. The van der Waals surface area contributed by atoms with Crippen molar-refractivity contribution in [2.45, 2.75) is 94.7 Å². The zero-order chi connectivity index (χ0) is 18.6. The van der Waals surface area contributed by atoms with Gasteiger partial charge in [0.2, 0.25) is 0 Å². The van der Waals surface area contributed by atoms with Crippen LogP contribution in [-0.4, -0.2) is 67.7 Å². The minimum atomic E-state index is -0.833. The smallest absolute Gasteiger partial charge is 0.300 e. The van der Waals surface area contributed by atoms with Crippen LogP contribution in [0.4, 0.5) is 0 Å². The minimum absolute atomic E-state index is 0. The van der Waals surface area contributed by atoms with E-state index in [1.165, 1.54) is 12.8 Å². The summed E-state index contributed by atoms with van der Waals surface area (Å²) in [5, 5.41) is 32.6. The number of nitroso groups, excluding NO2 is 1. The van der Waals surface area contributed by atoms with Crippen molar-refractivity contribution in [3.05, 3.63) is 4.91 Å². The molecule has 5 N–H and O–H groups in total. The Morgan fingerprint density at radius 1 is 0.923 bits per heavy atom. The second kappa shape index (κ2) is 10.6. The van der Waals surface area contributed by atoms with Crippen LogP contribution in [0.25, 0.3) is 0 Å². The van der Waals surface area contributed by atoms with Crippen LogP contribution in [0, 0.1) is 4.91 Å². The molecule has 4 heterocycles. The average Bonchev–Trinajstić information content (AvgIpc) is 2.89. The second-order valence-electron chi connectivity index (χ2n) is 7.45. The summed E-state index contributed by atoms with van der Waals surface area (Å²) in [5.74, 6) is 4.94. The largest absolute Gasteiger partial charge is 0.481 e. The second-order valence-corrected chi connectivity index (χ2v) is 7.45. The molecule has 4 aliphatic heterocycles. The average molecular weight is 424 g/mol. The van der Waals surface area contributed by atoms with Crippen molar-refractivity contribution in [1.82, 2.24) is 10.0 Å². The van der Waals surface area contributed by atoms with E-state index in [4.69, 9.17) is 15.7 Å². The van der Waals surface area contributed by atoms with E-state index in [1.807, 2.05) is 5.01 Å². The van der Waals surface area contributed by atoms with E-state index in [1.54, 1.807) is 5.01 Å². The number of piperidine rings is 2. The van der Waals surface area contributed by atoms with Crippen LogP contribution in [0.5, 0.6) is 0 Å². The first-order valence-electron chi connectivity index (χ1n) is 9.02. The Balaban J connectivity index is 0.000000211. The molecule has 146 valence electrons. The standard InChI is InChI=1S/C7H12N2O2.C7H14N2O.C2H4O2.Zn/c10-7-3-5-1-2-6(4-7)9(5)8-11;8-9-5-1-2-6(9)4-7(10)3-5;1-2(3)4;/h5-7,10H,1-4H2;5-7,10H,1-4,8H2;1H3,(H,3,4);. The maximum absolute atomic E-state index is 10.3. The van der Waals surface area contributed by atoms with E-state index in [0.29, 0.717) is 12.1 Å². The SMILES string of the molecule is CC(=O)O.NN1C2CCC1CC(O)C2.O=NN1C2CCC1CC(O)C2.[Zn]. The van der Waals surface area contributed by atoms with Gasteiger partial charge in [-0.1, -0.05) is 0 Å². The summed E-state index contributed by atoms with van der Waals surface area (Å²) in [5.41, 5.74) is 0. The third kappa shape index (κ3) is 6.20. The summed E-state index contributed by atoms with van der Waals surface area (Å²) in [4.78, 5) is 19.3. The van der Waals surface area contributed by atoms with Crippen LogP contribution in [0.2, 0.25) is 0 Å². The normalized spacial score (nSPS) is 37.5. The summed E-state index contributed by atoms with van der Waals surface area (Å²) in [6.07, 6.45) is 7.32. The van der Waals surface area contributed by atoms with Gasteiger partial charge in [0.1, 0.15) is 0 Å². The molecule has 9 nitrogen and oxygen atoms in total. The molecule has 4 saturated heterocycles. The van der Waals surface area contributed by atoms with E-state index in [9.17, 15) is 15.1 Å². The molecule has 0 saturated carbocycles. The van der Waals surface area contributed by atoms with E-state index >= 15 is 0 Å². The number of fused-ring (bicyclic) bond motifs is 4. The summed E-state index contributed by atoms with van der Waals surface area (Å²) < 4.78 is 0. The quantitative estimate of drug-likeness (QED) is 0.273. The molecule has 0 spiro atoms. The molecule has 4 fully saturated rings. The van der Waals surface area contributed by atoms with Crippen LogP contribution in [0.15, 0.2) is 5.29 Å². The fourth-order valence-corrected chi connectivity index (χ4v) is 4.44. The molecule has 4 aliphatic rings. The predicted molar refractivity (Wildman–Crippen MR) is 91.1 cm³/mol. The van der Waals surface area contributed by atoms with Gasteiger partial charge in [-0.15, -0.1) is 4.91 Å². The molecule has 4 bridgehead atoms. The van der Waals surface area contributed by atoms with Crippen molar-refractivity contribution in [2.75, 3.05) is 0 Å². The van der Waals surface area contributed by atoms with Gasteiger partial charge in [-0.25, -0.2) is 5.01 Å². The minimum Gasteiger partial charge on any atom is -0.481 e. The number of carbonyl (C=O) groups is 1. The Labute approximate surface area is 166 Å². The topological polar surface area (TPSA) is 140 Å². The molecule has 0 aromatic rings. The summed E-state index contributed by atoms with van der Waals surface area (Å²) in [6.45, 7) is 1.08. The van der Waals surface area contributed by atoms with Crippen molar-refractivity contribution < 1.29 is 39.6 Å². The van der Waals surface area contributed by atoms with E-state index in [2.05, 4.69) is 5.29 Å². The molecule has 4 rings (SSSR count). The van der Waals surface area contributed by atoms with Crippen LogP contribution >= 0.6 is 0 Å². The van der Waals surface area contributed by atoms with E-state index < -0.39 is 5.97 Å². The van der Waals surface area contributed by atoms with Gasteiger partial charge in [-0.05, 0) is 51.4 Å². The monoisotopic (exact) mass is 422 g/mol. The molecule has 10 heteroatoms. The maximum atomic E-state index is 10.3. The van der Waals surface area contributed by atoms with Gasteiger partial charge < -0.3 is 15.3 Å². The van der Waals surface area contributed by atoms with E-state index in [-0.39, 0.29) is 43.8 Å². The molecule has 0 aromatic heterocycles. The van der Waals surface area contributed by atoms with Gasteiger partial charge in [-0.2, -0.15) is 0 Å². The van der Waals surface area contributed by atoms with Crippen molar-refractivity contribution >= 4 is 5.97 Å². The van der Waals surface area contributed by atoms with Gasteiger partial charge in [-0.3, -0.25) is 15.6 Å². The number of aliphatic hydroxyl groups excluding tert-OH is 2. The number of rotatable bonds is 1. The number of hydrogen-bond acceptors (Lipinski definition) is 7. The Kier molecular flexibility index (Phi) is 9.54. The Morgan fingerprint density at radius 2 is 1.23 bits per heavy atom. The Hall–Kier alpha value is -0.667. The molecule has 0 aromatic carbocycles. The van der Waals surface area contributed by atoms with Gasteiger partial charge in [0.15, 0.2) is 0 Å². The van der Waals surface area contributed by atoms with Crippen LogP contribution in [0.3, 0.4) is 0 Å². The number of hydrogen-bond donors (Lipinski definition) is 4. The summed E-state index contributed by atoms with van der Waals surface area (Å²) in [7, 11) is 0. The number of aliphatic hydroxyl groups is 2. The van der Waals surface area contributed by atoms with E-state index in [0.717, 1.165) is 45.4 Å². The third-order valence-electron chi connectivity index (χ3n) is 5.53. The fourth-order valence-electron chi connectivity index (χ4n) is 4.44. The van der Waals surface area contributed by atoms with Crippen LogP contribution < -0.4 is 5.84 Å². The predicted octanol–water partition coefficient (Wildman–Crippen LogP) is 0.592. The molecule has 4 unspecified atom stereocenters. The molecule has 4 atom stereocenters. The third-order valence-corrected chi connectivity index (χ3v) is 5.53. The maximum Gasteiger partial charge on any atom is 0.300 e. The number of nitrogens with zero attached hydrogens (tertiary/aromatic N) is 3. The van der Waals surface area contributed by atoms with Crippen LogP contribution in [0.1, 0.15) is 58.3 Å². The molecular weight excluding hydrogens is 394 g/mol. The molecule has 0 radical (unpaired) electrons. The Bertz CT molecular complexity index is 440. The number of carboxylic acid groups (broad SMARTS) is 1. The van der Waals surface area contributed by atoms with Gasteiger partial charge in [0.25, 0.3) is 5.97 Å². The number of aliphatic carboxylic acids is 1. The molecule has 26 heavy (non-hydrogen) atoms. The molecular formula is C16H30N4O5Zn. The number of hydrazine groups is 1. The molecule has 0 amide bonds. The zero-order valence-electron chi connectivity index (χ0n) is 15.4. The molecule has 0 aliphatic carbocycles. The Morgan fingerprint density at radius 3 is 1.58 bits per heavy atom. The summed E-state index contributed by atoms with van der Waals surface area (Å²) in [6, 6.07) is 1.38. The fraction of sp³-hybridized carbons (Fsp3) is 0.938. The van der Waals surface area contributed by atoms with Gasteiger partial charge in [0, 0.05) is 38.5 Å². The first-order valence-corrected chi connectivity index (χ1v) is 9.02.